The van der Waals surface area contributed by atoms with Crippen molar-refractivity contribution in [2.24, 2.45) is 5.73 Å². The summed E-state index contributed by atoms with van der Waals surface area (Å²) in [7, 11) is 0. The molecule has 1 saturated carbocycles. The van der Waals surface area contributed by atoms with E-state index in [1.807, 2.05) is 0 Å². The highest BCUT2D eigenvalue weighted by atomic mass is 19.4. The molecule has 1 aliphatic carbocycles. The Kier molecular flexibility index (Phi) is 2.80. The van der Waals surface area contributed by atoms with Crippen molar-refractivity contribution >= 4 is 0 Å². The number of alkyl halides is 3. The molecule has 0 heterocycles. The first-order valence-corrected chi connectivity index (χ1v) is 5.08. The topological polar surface area (TPSA) is 35.2 Å². The van der Waals surface area contributed by atoms with Crippen LogP contribution in [0.15, 0.2) is 18.2 Å². The molecule has 0 bridgehead atoms. The van der Waals surface area contributed by atoms with E-state index >= 15 is 0 Å². The van der Waals surface area contributed by atoms with E-state index in [-0.39, 0.29) is 18.4 Å². The molecule has 2 N–H and O–H groups in total. The van der Waals surface area contributed by atoms with Crippen molar-refractivity contribution in [3.8, 4) is 5.75 Å². The molecule has 1 aliphatic rings. The zero-order chi connectivity index (χ0) is 11.8. The Bertz CT molecular complexity index is 385. The van der Waals surface area contributed by atoms with Crippen molar-refractivity contribution in [2.75, 3.05) is 0 Å². The minimum absolute atomic E-state index is 0.0476. The maximum Gasteiger partial charge on any atom is 0.419 e. The van der Waals surface area contributed by atoms with Crippen LogP contribution in [-0.4, -0.2) is 6.10 Å². The predicted octanol–water partition coefficient (Wildman–Crippen LogP) is 2.71. The number of hydrogen-bond donors (Lipinski definition) is 1. The molecule has 1 aromatic rings. The van der Waals surface area contributed by atoms with Crippen LogP contribution in [-0.2, 0) is 12.7 Å². The molecule has 0 aliphatic heterocycles. The van der Waals surface area contributed by atoms with Gasteiger partial charge in [0.15, 0.2) is 0 Å². The lowest BCUT2D eigenvalue weighted by molar-refractivity contribution is -0.139. The van der Waals surface area contributed by atoms with E-state index in [9.17, 15) is 13.2 Å². The van der Waals surface area contributed by atoms with Crippen LogP contribution in [0.25, 0.3) is 0 Å². The smallest absolute Gasteiger partial charge is 0.419 e. The third kappa shape index (κ3) is 2.29. The largest absolute Gasteiger partial charge is 0.489 e. The molecule has 1 aromatic carbocycles. The first-order valence-electron chi connectivity index (χ1n) is 5.08. The van der Waals surface area contributed by atoms with Gasteiger partial charge >= 0.3 is 6.18 Å². The monoisotopic (exact) mass is 231 g/mol. The van der Waals surface area contributed by atoms with Crippen molar-refractivity contribution in [1.29, 1.82) is 0 Å². The van der Waals surface area contributed by atoms with Gasteiger partial charge in [-0.3, -0.25) is 0 Å². The van der Waals surface area contributed by atoms with Crippen LogP contribution in [0.2, 0.25) is 0 Å². The molecular weight excluding hydrogens is 219 g/mol. The summed E-state index contributed by atoms with van der Waals surface area (Å²) in [6.45, 7) is 0.0476. The van der Waals surface area contributed by atoms with Crippen LogP contribution in [0, 0.1) is 0 Å². The van der Waals surface area contributed by atoms with Gasteiger partial charge in [0.1, 0.15) is 5.75 Å². The first kappa shape index (κ1) is 11.3. The van der Waals surface area contributed by atoms with Gasteiger partial charge in [-0.15, -0.1) is 0 Å². The standard InChI is InChI=1S/C11H12F3NO/c12-11(13,14)9-3-1-2-7(6-15)10(9)16-8-4-5-8/h1-3,8H,4-6,15H2. The van der Waals surface area contributed by atoms with E-state index in [1.54, 1.807) is 6.07 Å². The minimum atomic E-state index is -4.39. The number of hydrogen-bond acceptors (Lipinski definition) is 2. The Morgan fingerprint density at radius 1 is 1.31 bits per heavy atom. The molecule has 1 fully saturated rings. The number of benzene rings is 1. The zero-order valence-electron chi connectivity index (χ0n) is 8.55. The van der Waals surface area contributed by atoms with Crippen molar-refractivity contribution in [1.82, 2.24) is 0 Å². The maximum atomic E-state index is 12.7. The molecule has 0 unspecified atom stereocenters. The van der Waals surface area contributed by atoms with Gasteiger partial charge in [-0.2, -0.15) is 13.2 Å². The number of para-hydroxylation sites is 1. The Labute approximate surface area is 91.2 Å². The Balaban J connectivity index is 2.41. The number of nitrogens with two attached hydrogens (primary N) is 1. The summed E-state index contributed by atoms with van der Waals surface area (Å²) < 4.78 is 43.4. The van der Waals surface area contributed by atoms with E-state index < -0.39 is 11.7 Å². The van der Waals surface area contributed by atoms with E-state index in [0.29, 0.717) is 5.56 Å². The van der Waals surface area contributed by atoms with Crippen molar-refractivity contribution < 1.29 is 17.9 Å². The van der Waals surface area contributed by atoms with Gasteiger partial charge in [-0.25, -0.2) is 0 Å². The summed E-state index contributed by atoms with van der Waals surface area (Å²) >= 11 is 0. The lowest BCUT2D eigenvalue weighted by atomic mass is 10.1. The molecule has 0 atom stereocenters. The summed E-state index contributed by atoms with van der Waals surface area (Å²) in [6, 6.07) is 3.94. The normalized spacial score (nSPS) is 16.2. The van der Waals surface area contributed by atoms with Crippen molar-refractivity contribution in [3.63, 3.8) is 0 Å². The fourth-order valence-corrected chi connectivity index (χ4v) is 1.46. The molecular formula is C11H12F3NO. The summed E-state index contributed by atoms with van der Waals surface area (Å²) in [4.78, 5) is 0. The fraction of sp³-hybridized carbons (Fsp3) is 0.455. The predicted molar refractivity (Wildman–Crippen MR) is 53.0 cm³/mol. The van der Waals surface area contributed by atoms with Crippen molar-refractivity contribution in [2.45, 2.75) is 31.7 Å². The quantitative estimate of drug-likeness (QED) is 0.868. The van der Waals surface area contributed by atoms with Crippen LogP contribution in [0.4, 0.5) is 13.2 Å². The Hall–Kier alpha value is -1.23. The second kappa shape index (κ2) is 3.97. The fourth-order valence-electron chi connectivity index (χ4n) is 1.46. The molecule has 0 saturated heterocycles. The van der Waals surface area contributed by atoms with Gasteiger partial charge in [0.2, 0.25) is 0 Å². The van der Waals surface area contributed by atoms with E-state index in [1.165, 1.54) is 6.07 Å². The van der Waals surface area contributed by atoms with E-state index in [2.05, 4.69) is 0 Å². The second-order valence-corrected chi connectivity index (χ2v) is 3.81. The van der Waals surface area contributed by atoms with Crippen LogP contribution in [0.1, 0.15) is 24.0 Å². The van der Waals surface area contributed by atoms with Gasteiger partial charge in [0.05, 0.1) is 11.7 Å². The average Bonchev–Trinajstić information content (AvgIpc) is 3.00. The summed E-state index contributed by atoms with van der Waals surface area (Å²) in [5.41, 5.74) is 5.08. The molecule has 2 nitrogen and oxygen atoms in total. The Morgan fingerprint density at radius 3 is 2.50 bits per heavy atom. The lowest BCUT2D eigenvalue weighted by Gasteiger charge is -2.16. The first-order chi connectivity index (χ1) is 7.52. The zero-order valence-corrected chi connectivity index (χ0v) is 8.55. The lowest BCUT2D eigenvalue weighted by Crippen LogP contribution is -2.12. The molecule has 2 rings (SSSR count). The molecule has 5 heteroatoms. The van der Waals surface area contributed by atoms with Crippen LogP contribution in [0.5, 0.6) is 5.75 Å². The number of ether oxygens (including phenoxy) is 1. The number of rotatable bonds is 3. The van der Waals surface area contributed by atoms with Gasteiger partial charge < -0.3 is 10.5 Å². The van der Waals surface area contributed by atoms with Gasteiger partial charge in [-0.05, 0) is 18.9 Å². The van der Waals surface area contributed by atoms with Gasteiger partial charge in [0.25, 0.3) is 0 Å². The molecule has 16 heavy (non-hydrogen) atoms. The van der Waals surface area contributed by atoms with Crippen LogP contribution in [0.3, 0.4) is 0 Å². The third-order valence-corrected chi connectivity index (χ3v) is 2.43. The van der Waals surface area contributed by atoms with Crippen molar-refractivity contribution in [3.05, 3.63) is 29.3 Å². The molecule has 0 aromatic heterocycles. The van der Waals surface area contributed by atoms with Gasteiger partial charge in [0, 0.05) is 12.1 Å². The Morgan fingerprint density at radius 2 is 2.00 bits per heavy atom. The third-order valence-electron chi connectivity index (χ3n) is 2.43. The molecule has 0 amide bonds. The van der Waals surface area contributed by atoms with Gasteiger partial charge in [-0.1, -0.05) is 12.1 Å². The molecule has 0 radical (unpaired) electrons. The molecule has 0 spiro atoms. The number of halogens is 3. The summed E-state index contributed by atoms with van der Waals surface area (Å²) in [5, 5.41) is 0. The highest BCUT2D eigenvalue weighted by molar-refractivity contribution is 5.43. The summed E-state index contributed by atoms with van der Waals surface area (Å²) in [5.74, 6) is -0.0972. The van der Waals surface area contributed by atoms with E-state index in [0.717, 1.165) is 18.9 Å². The average molecular weight is 231 g/mol. The summed E-state index contributed by atoms with van der Waals surface area (Å²) in [6.07, 6.45) is -2.84. The van der Waals surface area contributed by atoms with Crippen LogP contribution >= 0.6 is 0 Å². The van der Waals surface area contributed by atoms with Crippen LogP contribution < -0.4 is 10.5 Å². The minimum Gasteiger partial charge on any atom is -0.489 e. The van der Waals surface area contributed by atoms with E-state index in [4.69, 9.17) is 10.5 Å². The highest BCUT2D eigenvalue weighted by Gasteiger charge is 2.37. The maximum absolute atomic E-state index is 12.7. The molecule has 88 valence electrons. The SMILES string of the molecule is NCc1cccc(C(F)(F)F)c1OC1CC1. The highest BCUT2D eigenvalue weighted by Crippen LogP contribution is 2.40. The second-order valence-electron chi connectivity index (χ2n) is 3.81.